The van der Waals surface area contributed by atoms with E-state index in [-0.39, 0.29) is 17.1 Å². The van der Waals surface area contributed by atoms with Crippen LogP contribution in [-0.4, -0.2) is 39.9 Å². The van der Waals surface area contributed by atoms with E-state index in [1.165, 1.54) is 0 Å². The van der Waals surface area contributed by atoms with Gasteiger partial charge in [0, 0.05) is 29.7 Å². The highest BCUT2D eigenvalue weighted by atomic mass is 35.5. The number of pyridine rings is 1. The van der Waals surface area contributed by atoms with Gasteiger partial charge in [-0.1, -0.05) is 11.6 Å². The average molecular weight is 287 g/mol. The second kappa shape index (κ2) is 5.77. The molecule has 5 nitrogen and oxygen atoms in total. The Kier molecular flexibility index (Phi) is 4.31. The number of amides is 1. The van der Waals surface area contributed by atoms with E-state index in [0.717, 1.165) is 18.1 Å². The van der Waals surface area contributed by atoms with Gasteiger partial charge in [-0.2, -0.15) is 11.8 Å². The van der Waals surface area contributed by atoms with E-state index in [1.807, 2.05) is 16.7 Å². The van der Waals surface area contributed by atoms with Crippen molar-refractivity contribution in [1.29, 1.82) is 0 Å². The van der Waals surface area contributed by atoms with Crippen molar-refractivity contribution in [3.05, 3.63) is 22.8 Å². The normalized spacial score (nSPS) is 19.7. The Morgan fingerprint density at radius 1 is 1.67 bits per heavy atom. The highest BCUT2D eigenvalue weighted by molar-refractivity contribution is 7.99. The van der Waals surface area contributed by atoms with Gasteiger partial charge in [-0.05, 0) is 19.1 Å². The third-order valence-electron chi connectivity index (χ3n) is 2.82. The number of carbonyl (C=O) groups excluding carboxylic acids is 1. The molecule has 1 saturated heterocycles. The van der Waals surface area contributed by atoms with Gasteiger partial charge in [0.25, 0.3) is 5.91 Å². The van der Waals surface area contributed by atoms with Crippen LogP contribution in [0.2, 0.25) is 5.15 Å². The Bertz CT molecular complexity index is 457. The summed E-state index contributed by atoms with van der Waals surface area (Å²) in [7, 11) is 0. The number of nitrogens with two attached hydrogens (primary N) is 1. The van der Waals surface area contributed by atoms with E-state index in [9.17, 15) is 4.79 Å². The number of aromatic nitrogens is 1. The molecule has 0 radical (unpaired) electrons. The molecule has 2 heterocycles. The predicted octanol–water partition coefficient (Wildman–Crippen LogP) is 1.60. The van der Waals surface area contributed by atoms with Crippen molar-refractivity contribution >= 4 is 35.1 Å². The lowest BCUT2D eigenvalue weighted by atomic mass is 10.2. The molecule has 0 spiro atoms. The number of thioether (sulfide) groups is 1. The van der Waals surface area contributed by atoms with Gasteiger partial charge in [0.2, 0.25) is 0 Å². The average Bonchev–Trinajstić information content (AvgIpc) is 2.37. The zero-order chi connectivity index (χ0) is 13.1. The van der Waals surface area contributed by atoms with Crippen LogP contribution in [-0.2, 0) is 0 Å². The van der Waals surface area contributed by atoms with E-state index >= 15 is 0 Å². The van der Waals surface area contributed by atoms with Gasteiger partial charge >= 0.3 is 0 Å². The highest BCUT2D eigenvalue weighted by Crippen LogP contribution is 2.21. The summed E-state index contributed by atoms with van der Waals surface area (Å²) in [5.41, 5.74) is 2.92. The van der Waals surface area contributed by atoms with E-state index < -0.39 is 0 Å². The number of anilines is 1. The lowest BCUT2D eigenvalue weighted by molar-refractivity contribution is 0.0716. The Labute approximate surface area is 115 Å². The van der Waals surface area contributed by atoms with Crippen molar-refractivity contribution in [3.63, 3.8) is 0 Å². The predicted molar refractivity (Wildman–Crippen MR) is 74.9 cm³/mol. The first-order valence-corrected chi connectivity index (χ1v) is 7.18. The van der Waals surface area contributed by atoms with Crippen molar-refractivity contribution in [2.24, 2.45) is 5.84 Å². The molecule has 0 aliphatic carbocycles. The number of halogens is 1. The summed E-state index contributed by atoms with van der Waals surface area (Å²) < 4.78 is 0. The van der Waals surface area contributed by atoms with Gasteiger partial charge in [0.1, 0.15) is 11.0 Å². The summed E-state index contributed by atoms with van der Waals surface area (Å²) in [5.74, 6) is 7.60. The van der Waals surface area contributed by atoms with Crippen LogP contribution in [0.5, 0.6) is 0 Å². The topological polar surface area (TPSA) is 71.2 Å². The zero-order valence-corrected chi connectivity index (χ0v) is 11.6. The zero-order valence-electron chi connectivity index (χ0n) is 10.0. The molecule has 0 bridgehead atoms. The minimum atomic E-state index is -0.0244. The molecule has 0 saturated carbocycles. The minimum Gasteiger partial charge on any atom is -0.334 e. The number of hydrogen-bond donors (Lipinski definition) is 2. The van der Waals surface area contributed by atoms with Crippen molar-refractivity contribution in [1.82, 2.24) is 9.88 Å². The highest BCUT2D eigenvalue weighted by Gasteiger charge is 2.25. The molecule has 1 aromatic rings. The molecule has 1 fully saturated rings. The van der Waals surface area contributed by atoms with E-state index in [4.69, 9.17) is 17.4 Å². The number of nitrogens with zero attached hydrogens (tertiary/aromatic N) is 2. The molecule has 1 aliphatic heterocycles. The number of nitrogen functional groups attached to an aromatic ring is 1. The molecular formula is C11H15ClN4OS. The van der Waals surface area contributed by atoms with Crippen molar-refractivity contribution in [3.8, 4) is 0 Å². The number of hydrazine groups is 1. The van der Waals surface area contributed by atoms with E-state index in [0.29, 0.717) is 11.4 Å². The van der Waals surface area contributed by atoms with Crippen LogP contribution in [0.15, 0.2) is 12.1 Å². The van der Waals surface area contributed by atoms with Crippen LogP contribution in [0.1, 0.15) is 17.3 Å². The molecule has 18 heavy (non-hydrogen) atoms. The van der Waals surface area contributed by atoms with E-state index in [1.54, 1.807) is 12.1 Å². The van der Waals surface area contributed by atoms with Gasteiger partial charge in [-0.3, -0.25) is 4.79 Å². The molecule has 1 amide bonds. The van der Waals surface area contributed by atoms with Crippen molar-refractivity contribution in [2.45, 2.75) is 13.0 Å². The number of hydrogen-bond acceptors (Lipinski definition) is 5. The quantitative estimate of drug-likeness (QED) is 0.491. The van der Waals surface area contributed by atoms with Gasteiger partial charge in [0.15, 0.2) is 0 Å². The molecule has 2 rings (SSSR count). The number of nitrogens with one attached hydrogen (secondary N) is 1. The van der Waals surface area contributed by atoms with Crippen LogP contribution in [0, 0.1) is 0 Å². The fraction of sp³-hybridized carbons (Fsp3) is 0.455. The standard InChI is InChI=1S/C11H15ClN4OS/c1-7-6-18-3-2-16(7)11(17)8-4-9(12)14-10(5-8)15-13/h4-5,7H,2-3,6,13H2,1H3,(H,14,15). The van der Waals surface area contributed by atoms with E-state index in [2.05, 4.69) is 17.3 Å². The molecule has 1 aliphatic rings. The summed E-state index contributed by atoms with van der Waals surface area (Å²) in [4.78, 5) is 18.2. The van der Waals surface area contributed by atoms with Crippen molar-refractivity contribution < 1.29 is 4.79 Å². The molecule has 0 aromatic carbocycles. The van der Waals surface area contributed by atoms with Gasteiger partial charge < -0.3 is 10.3 Å². The Morgan fingerprint density at radius 3 is 3.11 bits per heavy atom. The largest absolute Gasteiger partial charge is 0.334 e. The fourth-order valence-corrected chi connectivity index (χ4v) is 3.11. The number of rotatable bonds is 2. The number of carbonyl (C=O) groups is 1. The van der Waals surface area contributed by atoms with Crippen LogP contribution in [0.3, 0.4) is 0 Å². The maximum atomic E-state index is 12.4. The Balaban J connectivity index is 2.24. The molecule has 3 N–H and O–H groups in total. The van der Waals surface area contributed by atoms with Crippen LogP contribution in [0.25, 0.3) is 0 Å². The van der Waals surface area contributed by atoms with Crippen molar-refractivity contribution in [2.75, 3.05) is 23.5 Å². The second-order valence-corrected chi connectivity index (χ2v) is 5.67. The summed E-state index contributed by atoms with van der Waals surface area (Å²) in [6.07, 6.45) is 0. The monoisotopic (exact) mass is 286 g/mol. The van der Waals surface area contributed by atoms with Gasteiger partial charge in [0.05, 0.1) is 0 Å². The molecule has 98 valence electrons. The van der Waals surface area contributed by atoms with Crippen LogP contribution >= 0.6 is 23.4 Å². The SMILES string of the molecule is CC1CSCCN1C(=O)c1cc(Cl)nc(NN)c1. The molecule has 7 heteroatoms. The summed E-state index contributed by atoms with van der Waals surface area (Å²) in [6.45, 7) is 2.81. The van der Waals surface area contributed by atoms with Gasteiger partial charge in [-0.15, -0.1) is 0 Å². The van der Waals surface area contributed by atoms with Gasteiger partial charge in [-0.25, -0.2) is 10.8 Å². The third-order valence-corrected chi connectivity index (χ3v) is 4.20. The lowest BCUT2D eigenvalue weighted by Gasteiger charge is -2.33. The first-order chi connectivity index (χ1) is 8.61. The first-order valence-electron chi connectivity index (χ1n) is 5.64. The van der Waals surface area contributed by atoms with Crippen LogP contribution < -0.4 is 11.3 Å². The van der Waals surface area contributed by atoms with Crippen LogP contribution in [0.4, 0.5) is 5.82 Å². The second-order valence-electron chi connectivity index (χ2n) is 4.13. The lowest BCUT2D eigenvalue weighted by Crippen LogP contribution is -2.44. The maximum absolute atomic E-state index is 12.4. The molecule has 1 aromatic heterocycles. The third kappa shape index (κ3) is 2.88. The fourth-order valence-electron chi connectivity index (χ4n) is 1.89. The maximum Gasteiger partial charge on any atom is 0.254 e. The molecule has 1 unspecified atom stereocenters. The Morgan fingerprint density at radius 2 is 2.44 bits per heavy atom. The summed E-state index contributed by atoms with van der Waals surface area (Å²) in [6, 6.07) is 3.42. The first kappa shape index (κ1) is 13.5. The summed E-state index contributed by atoms with van der Waals surface area (Å²) in [5, 5.41) is 0.257. The molecular weight excluding hydrogens is 272 g/mol. The Hall–Kier alpha value is -0.980. The summed E-state index contributed by atoms with van der Waals surface area (Å²) >= 11 is 7.73. The molecule has 1 atom stereocenters. The smallest absolute Gasteiger partial charge is 0.254 e. The minimum absolute atomic E-state index is 0.0244.